The molecule has 1 aromatic carbocycles. The Morgan fingerprint density at radius 2 is 2.08 bits per heavy atom. The van der Waals surface area contributed by atoms with Crippen molar-refractivity contribution in [3.8, 4) is 0 Å². The standard InChI is InChI=1S/C9H4BrClFN/c10-5-1-2-7(12)8-6(11)3-4-13-9(5)8/h1-4H. The molecule has 0 atom stereocenters. The minimum absolute atomic E-state index is 0.351. The maximum atomic E-state index is 13.3. The zero-order valence-electron chi connectivity index (χ0n) is 6.39. The molecular weight excluding hydrogens is 256 g/mol. The first-order valence-corrected chi connectivity index (χ1v) is 4.75. The third kappa shape index (κ3) is 1.42. The van der Waals surface area contributed by atoms with E-state index in [4.69, 9.17) is 11.6 Å². The van der Waals surface area contributed by atoms with Gasteiger partial charge in [0.15, 0.2) is 0 Å². The first-order valence-electron chi connectivity index (χ1n) is 3.58. The summed E-state index contributed by atoms with van der Waals surface area (Å²) in [5, 5.41) is 0.738. The molecule has 4 heteroatoms. The van der Waals surface area contributed by atoms with Gasteiger partial charge in [0.25, 0.3) is 0 Å². The van der Waals surface area contributed by atoms with Crippen molar-refractivity contribution in [3.05, 3.63) is 39.7 Å². The van der Waals surface area contributed by atoms with E-state index in [1.165, 1.54) is 6.07 Å². The zero-order chi connectivity index (χ0) is 9.42. The highest BCUT2D eigenvalue weighted by atomic mass is 79.9. The lowest BCUT2D eigenvalue weighted by Crippen LogP contribution is -1.85. The van der Waals surface area contributed by atoms with Crippen LogP contribution in [0.4, 0.5) is 4.39 Å². The number of rotatable bonds is 0. The van der Waals surface area contributed by atoms with Crippen LogP contribution in [0.15, 0.2) is 28.9 Å². The molecule has 0 bridgehead atoms. The molecule has 66 valence electrons. The van der Waals surface area contributed by atoms with Gasteiger partial charge in [0, 0.05) is 10.7 Å². The fourth-order valence-electron chi connectivity index (χ4n) is 1.16. The Morgan fingerprint density at radius 3 is 2.77 bits per heavy atom. The lowest BCUT2D eigenvalue weighted by Gasteiger charge is -2.02. The number of nitrogens with zero attached hydrogens (tertiary/aromatic N) is 1. The molecular formula is C9H4BrClFN. The van der Waals surface area contributed by atoms with E-state index in [0.29, 0.717) is 15.9 Å². The molecule has 0 aliphatic heterocycles. The van der Waals surface area contributed by atoms with Crippen molar-refractivity contribution in [2.75, 3.05) is 0 Å². The van der Waals surface area contributed by atoms with E-state index in [2.05, 4.69) is 20.9 Å². The molecule has 0 radical (unpaired) electrons. The van der Waals surface area contributed by atoms with E-state index in [9.17, 15) is 4.39 Å². The third-order valence-electron chi connectivity index (χ3n) is 1.74. The number of pyridine rings is 1. The van der Waals surface area contributed by atoms with Crippen molar-refractivity contribution in [1.82, 2.24) is 4.98 Å². The summed E-state index contributed by atoms with van der Waals surface area (Å²) < 4.78 is 14.0. The van der Waals surface area contributed by atoms with Crippen LogP contribution >= 0.6 is 27.5 Å². The molecule has 0 spiro atoms. The molecule has 1 heterocycles. The summed E-state index contributed by atoms with van der Waals surface area (Å²) in [6.07, 6.45) is 1.55. The van der Waals surface area contributed by atoms with Gasteiger partial charge in [0.05, 0.1) is 15.9 Å². The second-order valence-corrected chi connectivity index (χ2v) is 3.81. The fraction of sp³-hybridized carbons (Fsp3) is 0. The van der Waals surface area contributed by atoms with E-state index in [1.54, 1.807) is 18.3 Å². The summed E-state index contributed by atoms with van der Waals surface area (Å²) in [5.74, 6) is -0.351. The smallest absolute Gasteiger partial charge is 0.134 e. The molecule has 0 saturated heterocycles. The second-order valence-electron chi connectivity index (χ2n) is 2.55. The molecule has 2 rings (SSSR count). The van der Waals surface area contributed by atoms with Gasteiger partial charge in [-0.2, -0.15) is 0 Å². The monoisotopic (exact) mass is 259 g/mol. The summed E-state index contributed by atoms with van der Waals surface area (Å²) in [4.78, 5) is 4.03. The first kappa shape index (κ1) is 8.91. The number of fused-ring (bicyclic) bond motifs is 1. The molecule has 13 heavy (non-hydrogen) atoms. The van der Waals surface area contributed by atoms with E-state index in [0.717, 1.165) is 4.47 Å². The maximum absolute atomic E-state index is 13.3. The maximum Gasteiger partial charge on any atom is 0.134 e. The number of benzene rings is 1. The number of halogens is 3. The van der Waals surface area contributed by atoms with Crippen LogP contribution in [-0.4, -0.2) is 4.98 Å². The topological polar surface area (TPSA) is 12.9 Å². The van der Waals surface area contributed by atoms with Gasteiger partial charge in [-0.15, -0.1) is 0 Å². The van der Waals surface area contributed by atoms with Gasteiger partial charge in [0.1, 0.15) is 5.82 Å². The van der Waals surface area contributed by atoms with Crippen LogP contribution in [-0.2, 0) is 0 Å². The second kappa shape index (κ2) is 3.24. The van der Waals surface area contributed by atoms with Crippen molar-refractivity contribution < 1.29 is 4.39 Å². The minimum Gasteiger partial charge on any atom is -0.255 e. The molecule has 0 saturated carbocycles. The Labute approximate surface area is 87.7 Å². The van der Waals surface area contributed by atoms with Crippen LogP contribution in [0.5, 0.6) is 0 Å². The Balaban J connectivity index is 3.00. The quantitative estimate of drug-likeness (QED) is 0.702. The number of aromatic nitrogens is 1. The molecule has 0 amide bonds. The van der Waals surface area contributed by atoms with Gasteiger partial charge in [-0.3, -0.25) is 4.98 Å². The Hall–Kier alpha value is -0.670. The first-order chi connectivity index (χ1) is 6.20. The van der Waals surface area contributed by atoms with Crippen molar-refractivity contribution in [2.24, 2.45) is 0 Å². The summed E-state index contributed by atoms with van der Waals surface area (Å²) in [5.41, 5.74) is 0.549. The number of hydrogen-bond acceptors (Lipinski definition) is 1. The van der Waals surface area contributed by atoms with E-state index < -0.39 is 0 Å². The van der Waals surface area contributed by atoms with Crippen LogP contribution in [0.1, 0.15) is 0 Å². The summed E-state index contributed by atoms with van der Waals surface area (Å²) in [6.45, 7) is 0. The summed E-state index contributed by atoms with van der Waals surface area (Å²) in [7, 11) is 0. The molecule has 0 unspecified atom stereocenters. The largest absolute Gasteiger partial charge is 0.255 e. The predicted molar refractivity (Wildman–Crippen MR) is 54.4 cm³/mol. The summed E-state index contributed by atoms with van der Waals surface area (Å²) >= 11 is 9.11. The van der Waals surface area contributed by atoms with Gasteiger partial charge in [0.2, 0.25) is 0 Å². The van der Waals surface area contributed by atoms with Crippen LogP contribution < -0.4 is 0 Å². The van der Waals surface area contributed by atoms with Crippen molar-refractivity contribution >= 4 is 38.4 Å². The van der Waals surface area contributed by atoms with Gasteiger partial charge < -0.3 is 0 Å². The Kier molecular flexibility index (Phi) is 2.22. The molecule has 0 aliphatic rings. The van der Waals surface area contributed by atoms with Crippen LogP contribution in [0, 0.1) is 5.82 Å². The average molecular weight is 260 g/mol. The Morgan fingerprint density at radius 1 is 1.31 bits per heavy atom. The molecule has 1 nitrogen and oxygen atoms in total. The van der Waals surface area contributed by atoms with Gasteiger partial charge in [-0.1, -0.05) is 11.6 Å². The lowest BCUT2D eigenvalue weighted by atomic mass is 10.2. The van der Waals surface area contributed by atoms with E-state index >= 15 is 0 Å². The average Bonchev–Trinajstić information content (AvgIpc) is 2.12. The van der Waals surface area contributed by atoms with Crippen LogP contribution in [0.2, 0.25) is 5.02 Å². The van der Waals surface area contributed by atoms with E-state index in [-0.39, 0.29) is 5.82 Å². The van der Waals surface area contributed by atoms with Crippen LogP contribution in [0.3, 0.4) is 0 Å². The molecule has 0 fully saturated rings. The van der Waals surface area contributed by atoms with Gasteiger partial charge in [-0.25, -0.2) is 4.39 Å². The number of hydrogen-bond donors (Lipinski definition) is 0. The lowest BCUT2D eigenvalue weighted by molar-refractivity contribution is 0.639. The van der Waals surface area contributed by atoms with Gasteiger partial charge in [-0.05, 0) is 34.1 Å². The molecule has 1 aromatic heterocycles. The Bertz CT molecular complexity index is 464. The molecule has 0 N–H and O–H groups in total. The van der Waals surface area contributed by atoms with Crippen molar-refractivity contribution in [2.45, 2.75) is 0 Å². The SMILES string of the molecule is Fc1ccc(Br)c2nccc(Cl)c12. The highest BCUT2D eigenvalue weighted by Crippen LogP contribution is 2.29. The third-order valence-corrected chi connectivity index (χ3v) is 2.70. The van der Waals surface area contributed by atoms with E-state index in [1.807, 2.05) is 0 Å². The normalized spacial score (nSPS) is 10.7. The highest BCUT2D eigenvalue weighted by molar-refractivity contribution is 9.10. The van der Waals surface area contributed by atoms with Crippen LogP contribution in [0.25, 0.3) is 10.9 Å². The zero-order valence-corrected chi connectivity index (χ0v) is 8.73. The van der Waals surface area contributed by atoms with Gasteiger partial charge >= 0.3 is 0 Å². The summed E-state index contributed by atoms with van der Waals surface area (Å²) in [6, 6.07) is 4.54. The molecule has 2 aromatic rings. The molecule has 0 aliphatic carbocycles. The fourth-order valence-corrected chi connectivity index (χ4v) is 1.82. The highest BCUT2D eigenvalue weighted by Gasteiger charge is 2.08. The van der Waals surface area contributed by atoms with Crippen molar-refractivity contribution in [1.29, 1.82) is 0 Å². The predicted octanol–water partition coefficient (Wildman–Crippen LogP) is 3.79. The minimum atomic E-state index is -0.351. The van der Waals surface area contributed by atoms with Crippen molar-refractivity contribution in [3.63, 3.8) is 0 Å².